The predicted octanol–water partition coefficient (Wildman–Crippen LogP) is 3.35. The third-order valence-corrected chi connectivity index (χ3v) is 2.37. The lowest BCUT2D eigenvalue weighted by Crippen LogP contribution is -2.03. The topological polar surface area (TPSA) is 17.8 Å². The summed E-state index contributed by atoms with van der Waals surface area (Å²) in [6.07, 6.45) is 3.60. The lowest BCUT2D eigenvalue weighted by Gasteiger charge is -2.03. The van der Waals surface area contributed by atoms with E-state index < -0.39 is 0 Å². The smallest absolute Gasteiger partial charge is 0.131 e. The Morgan fingerprint density at radius 3 is 2.75 bits per heavy atom. The Morgan fingerprint density at radius 1 is 1.31 bits per heavy atom. The van der Waals surface area contributed by atoms with Crippen molar-refractivity contribution >= 4 is 0 Å². The Morgan fingerprint density at radius 2 is 2.06 bits per heavy atom. The summed E-state index contributed by atoms with van der Waals surface area (Å²) in [6.45, 7) is 5.11. The van der Waals surface area contributed by atoms with Crippen molar-refractivity contribution in [3.63, 3.8) is 0 Å². The highest BCUT2D eigenvalue weighted by molar-refractivity contribution is 5.62. The lowest BCUT2D eigenvalue weighted by molar-refractivity contribution is 0.483. The molecule has 0 radical (unpaired) electrons. The number of hydrogen-bond donors (Lipinski definition) is 0. The summed E-state index contributed by atoms with van der Waals surface area (Å²) in [5, 5.41) is 4.22. The number of hydrogen-bond acceptors (Lipinski definition) is 1. The molecule has 0 spiro atoms. The van der Waals surface area contributed by atoms with Crippen LogP contribution in [0.25, 0.3) is 11.1 Å². The standard InChI is InChI=1S/C13H15FN2/c1-10(2)8-16-9-11(7-15-16)12-5-3-4-6-13(12)14/h3-7,9-10H,8H2,1-2H3. The number of halogens is 1. The molecule has 0 amide bonds. The van der Waals surface area contributed by atoms with Crippen LogP contribution in [0.3, 0.4) is 0 Å². The first-order valence-corrected chi connectivity index (χ1v) is 5.44. The molecule has 0 saturated heterocycles. The van der Waals surface area contributed by atoms with E-state index in [-0.39, 0.29) is 5.82 Å². The van der Waals surface area contributed by atoms with Crippen LogP contribution in [0.2, 0.25) is 0 Å². The van der Waals surface area contributed by atoms with Crippen molar-refractivity contribution < 1.29 is 4.39 Å². The van der Waals surface area contributed by atoms with Gasteiger partial charge in [0.15, 0.2) is 0 Å². The van der Waals surface area contributed by atoms with Gasteiger partial charge < -0.3 is 0 Å². The van der Waals surface area contributed by atoms with Gasteiger partial charge in [-0.05, 0) is 12.0 Å². The van der Waals surface area contributed by atoms with Crippen molar-refractivity contribution in [1.82, 2.24) is 9.78 Å². The molecule has 0 N–H and O–H groups in total. The zero-order chi connectivity index (χ0) is 11.5. The van der Waals surface area contributed by atoms with Crippen LogP contribution in [0.5, 0.6) is 0 Å². The highest BCUT2D eigenvalue weighted by atomic mass is 19.1. The molecule has 1 heterocycles. The highest BCUT2D eigenvalue weighted by Crippen LogP contribution is 2.21. The minimum Gasteiger partial charge on any atom is -0.272 e. The molecule has 2 rings (SSSR count). The second kappa shape index (κ2) is 4.47. The summed E-state index contributed by atoms with van der Waals surface area (Å²) in [5.74, 6) is 0.333. The number of nitrogens with zero attached hydrogens (tertiary/aromatic N) is 2. The summed E-state index contributed by atoms with van der Waals surface area (Å²) in [5.41, 5.74) is 1.44. The molecular weight excluding hydrogens is 203 g/mol. The van der Waals surface area contributed by atoms with Gasteiger partial charge in [-0.3, -0.25) is 4.68 Å². The van der Waals surface area contributed by atoms with Crippen molar-refractivity contribution in [2.75, 3.05) is 0 Å². The zero-order valence-electron chi connectivity index (χ0n) is 9.52. The van der Waals surface area contributed by atoms with Gasteiger partial charge in [0.2, 0.25) is 0 Å². The second-order valence-electron chi connectivity index (χ2n) is 4.32. The predicted molar refractivity (Wildman–Crippen MR) is 62.5 cm³/mol. The monoisotopic (exact) mass is 218 g/mol. The van der Waals surface area contributed by atoms with Crippen LogP contribution in [-0.4, -0.2) is 9.78 Å². The Hall–Kier alpha value is -1.64. The van der Waals surface area contributed by atoms with E-state index in [4.69, 9.17) is 0 Å². The highest BCUT2D eigenvalue weighted by Gasteiger charge is 2.06. The van der Waals surface area contributed by atoms with Crippen LogP contribution in [0, 0.1) is 11.7 Å². The van der Waals surface area contributed by atoms with E-state index in [1.165, 1.54) is 6.07 Å². The van der Waals surface area contributed by atoms with E-state index >= 15 is 0 Å². The molecule has 0 saturated carbocycles. The fourth-order valence-electron chi connectivity index (χ4n) is 1.67. The lowest BCUT2D eigenvalue weighted by atomic mass is 10.1. The van der Waals surface area contributed by atoms with Gasteiger partial charge in [-0.1, -0.05) is 32.0 Å². The average Bonchev–Trinajstić information content (AvgIpc) is 2.66. The molecule has 3 heteroatoms. The molecule has 0 unspecified atom stereocenters. The molecule has 0 aliphatic carbocycles. The molecule has 0 atom stereocenters. The minimum atomic E-state index is -0.202. The van der Waals surface area contributed by atoms with Crippen LogP contribution >= 0.6 is 0 Å². The van der Waals surface area contributed by atoms with Crippen LogP contribution in [-0.2, 0) is 6.54 Å². The third kappa shape index (κ3) is 2.30. The van der Waals surface area contributed by atoms with Crippen molar-refractivity contribution in [2.24, 2.45) is 5.92 Å². The average molecular weight is 218 g/mol. The van der Waals surface area contributed by atoms with Crippen LogP contribution < -0.4 is 0 Å². The van der Waals surface area contributed by atoms with E-state index in [1.54, 1.807) is 18.3 Å². The maximum absolute atomic E-state index is 13.5. The van der Waals surface area contributed by atoms with Gasteiger partial charge in [-0.2, -0.15) is 5.10 Å². The Bertz CT molecular complexity index is 474. The Kier molecular flexibility index (Phi) is 3.04. The second-order valence-corrected chi connectivity index (χ2v) is 4.32. The van der Waals surface area contributed by atoms with Gasteiger partial charge in [0.25, 0.3) is 0 Å². The van der Waals surface area contributed by atoms with E-state index in [0.29, 0.717) is 11.5 Å². The van der Waals surface area contributed by atoms with E-state index in [9.17, 15) is 4.39 Å². The zero-order valence-corrected chi connectivity index (χ0v) is 9.52. The molecule has 0 bridgehead atoms. The molecule has 1 aromatic heterocycles. The molecule has 16 heavy (non-hydrogen) atoms. The third-order valence-electron chi connectivity index (χ3n) is 2.37. The van der Waals surface area contributed by atoms with E-state index in [1.807, 2.05) is 16.9 Å². The SMILES string of the molecule is CC(C)Cn1cc(-c2ccccc2F)cn1. The first-order chi connectivity index (χ1) is 7.66. The van der Waals surface area contributed by atoms with Gasteiger partial charge in [0.1, 0.15) is 5.82 Å². The van der Waals surface area contributed by atoms with Crippen molar-refractivity contribution in [3.05, 3.63) is 42.5 Å². The normalized spacial score (nSPS) is 11.0. The minimum absolute atomic E-state index is 0.202. The Labute approximate surface area is 94.7 Å². The van der Waals surface area contributed by atoms with Gasteiger partial charge in [0, 0.05) is 23.9 Å². The first kappa shape index (κ1) is 10.9. The van der Waals surface area contributed by atoms with Crippen molar-refractivity contribution in [1.29, 1.82) is 0 Å². The molecule has 2 aromatic rings. The summed E-state index contributed by atoms with van der Waals surface area (Å²) in [4.78, 5) is 0. The van der Waals surface area contributed by atoms with Gasteiger partial charge in [-0.25, -0.2) is 4.39 Å². The van der Waals surface area contributed by atoms with Crippen molar-refractivity contribution in [3.8, 4) is 11.1 Å². The maximum atomic E-state index is 13.5. The summed E-state index contributed by atoms with van der Waals surface area (Å²) in [7, 11) is 0. The number of benzene rings is 1. The number of rotatable bonds is 3. The molecular formula is C13H15FN2. The van der Waals surface area contributed by atoms with Crippen molar-refractivity contribution in [2.45, 2.75) is 20.4 Å². The van der Waals surface area contributed by atoms with Gasteiger partial charge in [0.05, 0.1) is 6.20 Å². The molecule has 84 valence electrons. The molecule has 1 aromatic carbocycles. The summed E-state index contributed by atoms with van der Waals surface area (Å²) >= 11 is 0. The Balaban J connectivity index is 2.28. The van der Waals surface area contributed by atoms with Gasteiger partial charge >= 0.3 is 0 Å². The maximum Gasteiger partial charge on any atom is 0.131 e. The number of aromatic nitrogens is 2. The fraction of sp³-hybridized carbons (Fsp3) is 0.308. The fourth-order valence-corrected chi connectivity index (χ4v) is 1.67. The largest absolute Gasteiger partial charge is 0.272 e. The quantitative estimate of drug-likeness (QED) is 0.772. The molecule has 0 aliphatic rings. The van der Waals surface area contributed by atoms with Crippen LogP contribution in [0.1, 0.15) is 13.8 Å². The molecule has 0 aliphatic heterocycles. The van der Waals surface area contributed by atoms with Gasteiger partial charge in [-0.15, -0.1) is 0 Å². The van der Waals surface area contributed by atoms with E-state index in [0.717, 1.165) is 12.1 Å². The van der Waals surface area contributed by atoms with Crippen LogP contribution in [0.4, 0.5) is 4.39 Å². The molecule has 0 fully saturated rings. The first-order valence-electron chi connectivity index (χ1n) is 5.44. The van der Waals surface area contributed by atoms with E-state index in [2.05, 4.69) is 18.9 Å². The summed E-state index contributed by atoms with van der Waals surface area (Å²) in [6, 6.07) is 6.76. The molecule has 2 nitrogen and oxygen atoms in total. The summed E-state index contributed by atoms with van der Waals surface area (Å²) < 4.78 is 15.4. The van der Waals surface area contributed by atoms with Crippen LogP contribution in [0.15, 0.2) is 36.7 Å².